The highest BCUT2D eigenvalue weighted by Gasteiger charge is 2.08. The molecular weight excluding hydrogens is 170 g/mol. The van der Waals surface area contributed by atoms with Crippen LogP contribution in [0.4, 0.5) is 11.8 Å². The zero-order valence-corrected chi connectivity index (χ0v) is 7.02. The van der Waals surface area contributed by atoms with E-state index in [0.29, 0.717) is 11.5 Å². The predicted molar refractivity (Wildman–Crippen MR) is 48.5 cm³/mol. The van der Waals surface area contributed by atoms with Gasteiger partial charge in [-0.2, -0.15) is 15.1 Å². The normalized spacial score (nSPS) is 10.6. The SMILES string of the molecule is Cn1ncc2c(NN)nc(N)nc21. The Kier molecular flexibility index (Phi) is 1.52. The van der Waals surface area contributed by atoms with Crippen molar-refractivity contribution in [2.45, 2.75) is 0 Å². The highest BCUT2D eigenvalue weighted by Crippen LogP contribution is 2.18. The van der Waals surface area contributed by atoms with Crippen LogP contribution in [-0.2, 0) is 7.05 Å². The number of nitrogen functional groups attached to an aromatic ring is 2. The molecular formula is C6H9N7. The summed E-state index contributed by atoms with van der Waals surface area (Å²) in [6.07, 6.45) is 1.63. The molecule has 2 rings (SSSR count). The van der Waals surface area contributed by atoms with Crippen molar-refractivity contribution >= 4 is 22.8 Å². The zero-order valence-electron chi connectivity index (χ0n) is 7.02. The summed E-state index contributed by atoms with van der Waals surface area (Å²) in [6.45, 7) is 0. The van der Waals surface area contributed by atoms with Gasteiger partial charge in [-0.3, -0.25) is 4.68 Å². The Bertz CT molecular complexity index is 445. The van der Waals surface area contributed by atoms with E-state index in [2.05, 4.69) is 20.5 Å². The predicted octanol–water partition coefficient (Wildman–Crippen LogP) is -0.769. The van der Waals surface area contributed by atoms with E-state index in [1.807, 2.05) is 0 Å². The molecule has 0 atom stereocenters. The summed E-state index contributed by atoms with van der Waals surface area (Å²) >= 11 is 0. The van der Waals surface area contributed by atoms with Crippen LogP contribution in [0.25, 0.3) is 11.0 Å². The van der Waals surface area contributed by atoms with Crippen LogP contribution in [0, 0.1) is 0 Å². The zero-order chi connectivity index (χ0) is 9.42. The first kappa shape index (κ1) is 7.74. The quantitative estimate of drug-likeness (QED) is 0.392. The minimum absolute atomic E-state index is 0.170. The van der Waals surface area contributed by atoms with Gasteiger partial charge in [-0.25, -0.2) is 5.84 Å². The summed E-state index contributed by atoms with van der Waals surface area (Å²) in [7, 11) is 1.77. The highest BCUT2D eigenvalue weighted by atomic mass is 15.3. The maximum atomic E-state index is 5.47. The Morgan fingerprint density at radius 1 is 1.46 bits per heavy atom. The average Bonchev–Trinajstić information content (AvgIpc) is 2.47. The summed E-state index contributed by atoms with van der Waals surface area (Å²) in [5.41, 5.74) is 8.56. The van der Waals surface area contributed by atoms with Crippen LogP contribution in [0.15, 0.2) is 6.20 Å². The van der Waals surface area contributed by atoms with Crippen LogP contribution in [0.2, 0.25) is 0 Å². The number of rotatable bonds is 1. The van der Waals surface area contributed by atoms with Crippen LogP contribution >= 0.6 is 0 Å². The van der Waals surface area contributed by atoms with Gasteiger partial charge in [-0.15, -0.1) is 0 Å². The van der Waals surface area contributed by atoms with Crippen molar-refractivity contribution in [1.82, 2.24) is 19.7 Å². The van der Waals surface area contributed by atoms with Gasteiger partial charge in [0.25, 0.3) is 0 Å². The lowest BCUT2D eigenvalue weighted by molar-refractivity contribution is 0.786. The number of nitrogens with zero attached hydrogens (tertiary/aromatic N) is 4. The molecule has 0 saturated carbocycles. The second-order valence-corrected chi connectivity index (χ2v) is 2.58. The van der Waals surface area contributed by atoms with E-state index < -0.39 is 0 Å². The smallest absolute Gasteiger partial charge is 0.224 e. The second kappa shape index (κ2) is 2.56. The van der Waals surface area contributed by atoms with Gasteiger partial charge in [0.15, 0.2) is 11.5 Å². The first-order valence-corrected chi connectivity index (χ1v) is 3.64. The topological polar surface area (TPSA) is 108 Å². The molecule has 0 aliphatic carbocycles. The fourth-order valence-electron chi connectivity index (χ4n) is 1.15. The fourth-order valence-corrected chi connectivity index (χ4v) is 1.15. The molecule has 0 radical (unpaired) electrons. The third-order valence-electron chi connectivity index (χ3n) is 1.75. The molecule has 13 heavy (non-hydrogen) atoms. The lowest BCUT2D eigenvalue weighted by Gasteiger charge is -2.01. The van der Waals surface area contributed by atoms with Gasteiger partial charge in [-0.1, -0.05) is 0 Å². The maximum absolute atomic E-state index is 5.47. The molecule has 0 aliphatic rings. The van der Waals surface area contributed by atoms with E-state index in [9.17, 15) is 0 Å². The standard InChI is InChI=1S/C6H9N7/c1-13-5-3(2-9-13)4(12-8)10-6(7)11-5/h2H,8H2,1H3,(H3,7,10,11,12). The fraction of sp³-hybridized carbons (Fsp3) is 0.167. The number of hydrazine groups is 1. The number of fused-ring (bicyclic) bond motifs is 1. The third-order valence-corrected chi connectivity index (χ3v) is 1.75. The Morgan fingerprint density at radius 3 is 2.92 bits per heavy atom. The molecule has 0 fully saturated rings. The Balaban J connectivity index is 2.84. The van der Waals surface area contributed by atoms with Gasteiger partial charge in [-0.05, 0) is 0 Å². The van der Waals surface area contributed by atoms with Crippen LogP contribution in [0.1, 0.15) is 0 Å². The van der Waals surface area contributed by atoms with E-state index in [1.54, 1.807) is 17.9 Å². The molecule has 0 amide bonds. The lowest BCUT2D eigenvalue weighted by atomic mass is 10.4. The second-order valence-electron chi connectivity index (χ2n) is 2.58. The highest BCUT2D eigenvalue weighted by molar-refractivity contribution is 5.86. The number of hydrogen-bond acceptors (Lipinski definition) is 6. The lowest BCUT2D eigenvalue weighted by Crippen LogP contribution is -2.11. The molecule has 68 valence electrons. The maximum Gasteiger partial charge on any atom is 0.224 e. The van der Waals surface area contributed by atoms with E-state index in [-0.39, 0.29) is 5.95 Å². The first-order chi connectivity index (χ1) is 6.22. The summed E-state index contributed by atoms with van der Waals surface area (Å²) in [6, 6.07) is 0. The first-order valence-electron chi connectivity index (χ1n) is 3.64. The monoisotopic (exact) mass is 179 g/mol. The van der Waals surface area contributed by atoms with Crippen LogP contribution in [0.3, 0.4) is 0 Å². The molecule has 0 aliphatic heterocycles. The number of aromatic nitrogens is 4. The Morgan fingerprint density at radius 2 is 2.23 bits per heavy atom. The summed E-state index contributed by atoms with van der Waals surface area (Å²) in [4.78, 5) is 7.93. The molecule has 0 bridgehead atoms. The molecule has 7 heteroatoms. The van der Waals surface area contributed by atoms with Gasteiger partial charge in [0, 0.05) is 7.05 Å². The van der Waals surface area contributed by atoms with Crippen molar-refractivity contribution in [3.63, 3.8) is 0 Å². The molecule has 2 heterocycles. The summed E-state index contributed by atoms with van der Waals surface area (Å²) < 4.78 is 1.61. The van der Waals surface area contributed by atoms with E-state index in [1.165, 1.54) is 0 Å². The van der Waals surface area contributed by atoms with Crippen molar-refractivity contribution in [3.05, 3.63) is 6.20 Å². The number of aryl methyl sites for hydroxylation is 1. The van der Waals surface area contributed by atoms with Crippen molar-refractivity contribution in [1.29, 1.82) is 0 Å². The molecule has 7 nitrogen and oxygen atoms in total. The van der Waals surface area contributed by atoms with E-state index in [4.69, 9.17) is 11.6 Å². The molecule has 2 aromatic rings. The molecule has 0 aromatic carbocycles. The molecule has 5 N–H and O–H groups in total. The van der Waals surface area contributed by atoms with E-state index >= 15 is 0 Å². The Labute approximate surface area is 73.7 Å². The largest absolute Gasteiger partial charge is 0.368 e. The molecule has 0 saturated heterocycles. The molecule has 2 aromatic heterocycles. The number of hydrogen-bond donors (Lipinski definition) is 3. The number of nitrogens with one attached hydrogen (secondary N) is 1. The number of nitrogens with two attached hydrogens (primary N) is 2. The average molecular weight is 179 g/mol. The van der Waals surface area contributed by atoms with Crippen LogP contribution in [0.5, 0.6) is 0 Å². The minimum Gasteiger partial charge on any atom is -0.368 e. The summed E-state index contributed by atoms with van der Waals surface area (Å²) in [5.74, 6) is 5.91. The van der Waals surface area contributed by atoms with E-state index in [0.717, 1.165) is 5.39 Å². The van der Waals surface area contributed by atoms with Crippen LogP contribution in [-0.4, -0.2) is 19.7 Å². The van der Waals surface area contributed by atoms with Gasteiger partial charge in [0.1, 0.15) is 0 Å². The van der Waals surface area contributed by atoms with Crippen molar-refractivity contribution in [2.24, 2.45) is 12.9 Å². The molecule has 0 unspecified atom stereocenters. The Hall–Kier alpha value is -1.89. The van der Waals surface area contributed by atoms with Gasteiger partial charge >= 0.3 is 0 Å². The van der Waals surface area contributed by atoms with Crippen LogP contribution < -0.4 is 17.0 Å². The summed E-state index contributed by atoms with van der Waals surface area (Å²) in [5, 5.41) is 4.76. The third kappa shape index (κ3) is 1.05. The van der Waals surface area contributed by atoms with Gasteiger partial charge in [0.2, 0.25) is 5.95 Å². The van der Waals surface area contributed by atoms with Gasteiger partial charge in [0.05, 0.1) is 11.6 Å². The van der Waals surface area contributed by atoms with Gasteiger partial charge < -0.3 is 11.2 Å². The minimum atomic E-state index is 0.170. The molecule has 0 spiro atoms. The number of anilines is 2. The van der Waals surface area contributed by atoms with Crippen molar-refractivity contribution < 1.29 is 0 Å². The van der Waals surface area contributed by atoms with Crippen molar-refractivity contribution in [2.75, 3.05) is 11.2 Å². The van der Waals surface area contributed by atoms with Crippen molar-refractivity contribution in [3.8, 4) is 0 Å².